The van der Waals surface area contributed by atoms with Crippen molar-refractivity contribution in [3.8, 4) is 0 Å². The molecule has 3 N–H and O–H groups in total. The molecular weight excluding hydrogens is 439 g/mol. The van der Waals surface area contributed by atoms with E-state index in [9.17, 15) is 14.0 Å². The SMILES string of the molecule is CC(C(=O)NCc1csc(NC(=O)NCc2cccc(F)c2)n1)c1ccc2ccccc2c1. The van der Waals surface area contributed by atoms with Gasteiger partial charge in [-0.25, -0.2) is 14.2 Å². The lowest BCUT2D eigenvalue weighted by molar-refractivity contribution is -0.122. The van der Waals surface area contributed by atoms with Gasteiger partial charge in [0.1, 0.15) is 5.82 Å². The largest absolute Gasteiger partial charge is 0.350 e. The smallest absolute Gasteiger partial charge is 0.321 e. The number of urea groups is 1. The Labute approximate surface area is 194 Å². The molecule has 6 nitrogen and oxygen atoms in total. The summed E-state index contributed by atoms with van der Waals surface area (Å²) in [5.41, 5.74) is 2.26. The maximum absolute atomic E-state index is 13.2. The first-order chi connectivity index (χ1) is 16.0. The summed E-state index contributed by atoms with van der Waals surface area (Å²) in [7, 11) is 0. The van der Waals surface area contributed by atoms with Crippen molar-refractivity contribution in [3.63, 3.8) is 0 Å². The van der Waals surface area contributed by atoms with Crippen LogP contribution in [0.4, 0.5) is 14.3 Å². The minimum Gasteiger partial charge on any atom is -0.350 e. The van der Waals surface area contributed by atoms with Gasteiger partial charge < -0.3 is 10.6 Å². The van der Waals surface area contributed by atoms with Crippen LogP contribution in [0.1, 0.15) is 29.7 Å². The van der Waals surface area contributed by atoms with E-state index in [0.29, 0.717) is 16.4 Å². The minimum absolute atomic E-state index is 0.0966. The van der Waals surface area contributed by atoms with Gasteiger partial charge in [-0.3, -0.25) is 10.1 Å². The van der Waals surface area contributed by atoms with Gasteiger partial charge in [-0.15, -0.1) is 11.3 Å². The summed E-state index contributed by atoms with van der Waals surface area (Å²) in [6.45, 7) is 2.33. The second-order valence-electron chi connectivity index (χ2n) is 7.63. The molecule has 0 radical (unpaired) electrons. The third-order valence-corrected chi connectivity index (χ3v) is 6.03. The molecule has 1 unspecified atom stereocenters. The first kappa shape index (κ1) is 22.4. The molecule has 0 aliphatic heterocycles. The van der Waals surface area contributed by atoms with Crippen LogP contribution in [0.5, 0.6) is 0 Å². The van der Waals surface area contributed by atoms with Gasteiger partial charge in [0.15, 0.2) is 5.13 Å². The van der Waals surface area contributed by atoms with Crippen molar-refractivity contribution in [1.29, 1.82) is 0 Å². The van der Waals surface area contributed by atoms with E-state index in [-0.39, 0.29) is 30.7 Å². The van der Waals surface area contributed by atoms with Gasteiger partial charge in [-0.2, -0.15) is 0 Å². The van der Waals surface area contributed by atoms with Crippen molar-refractivity contribution >= 4 is 39.2 Å². The number of hydrogen-bond acceptors (Lipinski definition) is 4. The van der Waals surface area contributed by atoms with E-state index >= 15 is 0 Å². The summed E-state index contributed by atoms with van der Waals surface area (Å²) in [5.74, 6) is -0.753. The molecule has 1 heterocycles. The summed E-state index contributed by atoms with van der Waals surface area (Å²) in [5, 5.41) is 12.6. The minimum atomic E-state index is -0.436. The number of rotatable bonds is 7. The first-order valence-corrected chi connectivity index (χ1v) is 11.4. The van der Waals surface area contributed by atoms with Crippen LogP contribution >= 0.6 is 11.3 Å². The second-order valence-corrected chi connectivity index (χ2v) is 8.49. The van der Waals surface area contributed by atoms with Crippen LogP contribution in [0, 0.1) is 5.82 Å². The zero-order valence-electron chi connectivity index (χ0n) is 18.0. The van der Waals surface area contributed by atoms with Crippen LogP contribution in [-0.4, -0.2) is 16.9 Å². The fourth-order valence-corrected chi connectivity index (χ4v) is 4.08. The number of benzene rings is 3. The van der Waals surface area contributed by atoms with E-state index in [0.717, 1.165) is 16.3 Å². The summed E-state index contributed by atoms with van der Waals surface area (Å²) in [6.07, 6.45) is 0. The number of amides is 3. The molecule has 0 saturated carbocycles. The quantitative estimate of drug-likeness (QED) is 0.354. The lowest BCUT2D eigenvalue weighted by Gasteiger charge is -2.13. The number of fused-ring (bicyclic) bond motifs is 1. The van der Waals surface area contributed by atoms with Gasteiger partial charge in [0.25, 0.3) is 0 Å². The molecule has 0 spiro atoms. The van der Waals surface area contributed by atoms with E-state index in [1.807, 2.05) is 49.4 Å². The van der Waals surface area contributed by atoms with Gasteiger partial charge >= 0.3 is 6.03 Å². The molecule has 3 amide bonds. The van der Waals surface area contributed by atoms with Gasteiger partial charge in [0.2, 0.25) is 5.91 Å². The molecule has 4 rings (SSSR count). The van der Waals surface area contributed by atoms with Gasteiger partial charge in [-0.1, -0.05) is 54.6 Å². The van der Waals surface area contributed by atoms with Crippen molar-refractivity contribution in [2.75, 3.05) is 5.32 Å². The highest BCUT2D eigenvalue weighted by atomic mass is 32.1. The van der Waals surface area contributed by atoms with Gasteiger partial charge in [0.05, 0.1) is 18.2 Å². The number of halogens is 1. The molecule has 4 aromatic rings. The average Bonchev–Trinajstić information content (AvgIpc) is 3.27. The highest BCUT2D eigenvalue weighted by Gasteiger charge is 2.16. The molecule has 1 atom stereocenters. The Morgan fingerprint density at radius 2 is 1.79 bits per heavy atom. The topological polar surface area (TPSA) is 83.1 Å². The lowest BCUT2D eigenvalue weighted by Crippen LogP contribution is -2.28. The molecule has 0 aliphatic rings. The summed E-state index contributed by atoms with van der Waals surface area (Å²) >= 11 is 1.27. The number of nitrogens with zero attached hydrogens (tertiary/aromatic N) is 1. The van der Waals surface area contributed by atoms with Crippen LogP contribution in [-0.2, 0) is 17.9 Å². The van der Waals surface area contributed by atoms with Crippen LogP contribution < -0.4 is 16.0 Å². The lowest BCUT2D eigenvalue weighted by atomic mass is 9.97. The number of anilines is 1. The summed E-state index contributed by atoms with van der Waals surface area (Å²) in [6, 6.07) is 19.7. The number of hydrogen-bond donors (Lipinski definition) is 3. The molecule has 1 aromatic heterocycles. The number of nitrogens with one attached hydrogen (secondary N) is 3. The molecule has 0 fully saturated rings. The fourth-order valence-electron chi connectivity index (χ4n) is 3.38. The zero-order chi connectivity index (χ0) is 23.2. The molecular formula is C25H23FN4O2S. The van der Waals surface area contributed by atoms with E-state index in [1.165, 1.54) is 23.5 Å². The predicted octanol–water partition coefficient (Wildman–Crippen LogP) is 5.18. The van der Waals surface area contributed by atoms with Crippen LogP contribution in [0.2, 0.25) is 0 Å². The highest BCUT2D eigenvalue weighted by Crippen LogP contribution is 2.22. The monoisotopic (exact) mass is 462 g/mol. The van der Waals surface area contributed by atoms with E-state index in [2.05, 4.69) is 20.9 Å². The Kier molecular flexibility index (Phi) is 6.95. The van der Waals surface area contributed by atoms with Crippen molar-refractivity contribution < 1.29 is 14.0 Å². The van der Waals surface area contributed by atoms with Gasteiger partial charge in [0, 0.05) is 11.9 Å². The molecule has 3 aromatic carbocycles. The van der Waals surface area contributed by atoms with Crippen molar-refractivity contribution in [1.82, 2.24) is 15.6 Å². The van der Waals surface area contributed by atoms with Crippen molar-refractivity contribution in [2.45, 2.75) is 25.9 Å². The Bertz CT molecular complexity index is 1290. The third-order valence-electron chi connectivity index (χ3n) is 5.22. The van der Waals surface area contributed by atoms with E-state index in [4.69, 9.17) is 0 Å². The summed E-state index contributed by atoms with van der Waals surface area (Å²) < 4.78 is 13.2. The zero-order valence-corrected chi connectivity index (χ0v) is 18.8. The first-order valence-electron chi connectivity index (χ1n) is 10.5. The van der Waals surface area contributed by atoms with Crippen molar-refractivity contribution in [2.24, 2.45) is 0 Å². The maximum Gasteiger partial charge on any atom is 0.321 e. The Morgan fingerprint density at radius 1 is 0.970 bits per heavy atom. The molecule has 33 heavy (non-hydrogen) atoms. The number of carbonyl (C=O) groups is 2. The summed E-state index contributed by atoms with van der Waals surface area (Å²) in [4.78, 5) is 29.0. The van der Waals surface area contributed by atoms with Crippen molar-refractivity contribution in [3.05, 3.63) is 94.7 Å². The molecule has 0 bridgehead atoms. The Morgan fingerprint density at radius 3 is 2.61 bits per heavy atom. The Balaban J connectivity index is 1.27. The highest BCUT2D eigenvalue weighted by molar-refractivity contribution is 7.13. The average molecular weight is 463 g/mol. The molecule has 0 saturated heterocycles. The standard InChI is InChI=1S/C25H23FN4O2S/c1-16(19-10-9-18-6-2-3-7-20(18)12-19)23(31)27-14-22-15-33-25(29-22)30-24(32)28-13-17-5-4-8-21(26)11-17/h2-12,15-16H,13-14H2,1H3,(H,27,31)(H2,28,29,30,32). The fraction of sp³-hybridized carbons (Fsp3) is 0.160. The second kappa shape index (κ2) is 10.2. The van der Waals surface area contributed by atoms with E-state index < -0.39 is 6.03 Å². The number of aromatic nitrogens is 1. The molecule has 0 aliphatic carbocycles. The predicted molar refractivity (Wildman–Crippen MR) is 129 cm³/mol. The third kappa shape index (κ3) is 5.93. The van der Waals surface area contributed by atoms with Crippen LogP contribution in [0.3, 0.4) is 0 Å². The molecule has 168 valence electrons. The normalized spacial score (nSPS) is 11.7. The van der Waals surface area contributed by atoms with E-state index in [1.54, 1.807) is 17.5 Å². The number of thiazole rings is 1. The maximum atomic E-state index is 13.2. The Hall–Kier alpha value is -3.78. The van der Waals surface area contributed by atoms with Gasteiger partial charge in [-0.05, 0) is 41.0 Å². The number of carbonyl (C=O) groups excluding carboxylic acids is 2. The van der Waals surface area contributed by atoms with Crippen LogP contribution in [0.15, 0.2) is 72.1 Å². The molecule has 8 heteroatoms. The van der Waals surface area contributed by atoms with Crippen LogP contribution in [0.25, 0.3) is 10.8 Å².